The Morgan fingerprint density at radius 1 is 0.462 bits per heavy atom. The Bertz CT molecular complexity index is 259. The summed E-state index contributed by atoms with van der Waals surface area (Å²) in [6.45, 7) is 5.74. The normalized spacial score (nSPS) is 11.5. The van der Waals surface area contributed by atoms with Crippen molar-refractivity contribution in [2.45, 2.75) is 142 Å². The molecule has 0 fully saturated rings. The summed E-state index contributed by atoms with van der Waals surface area (Å²) < 4.78 is 0. The van der Waals surface area contributed by atoms with Gasteiger partial charge < -0.3 is 5.32 Å². The second-order valence-corrected chi connectivity index (χ2v) is 8.16. The Labute approximate surface area is 166 Å². The van der Waals surface area contributed by atoms with E-state index in [1.165, 1.54) is 128 Å². The highest BCUT2D eigenvalue weighted by Crippen LogP contribution is 2.11. The summed E-state index contributed by atoms with van der Waals surface area (Å²) in [4.78, 5) is 0. The molecule has 156 valence electrons. The van der Waals surface area contributed by atoms with Gasteiger partial charge in [-0.05, 0) is 25.5 Å². The first-order valence-corrected chi connectivity index (χ1v) is 12.3. The van der Waals surface area contributed by atoms with Crippen LogP contribution in [0.3, 0.4) is 0 Å². The van der Waals surface area contributed by atoms with Crippen molar-refractivity contribution in [3.63, 3.8) is 0 Å². The maximum absolute atomic E-state index is 3.46. The van der Waals surface area contributed by atoms with Gasteiger partial charge in [-0.15, -0.1) is 0 Å². The van der Waals surface area contributed by atoms with Crippen molar-refractivity contribution in [2.24, 2.45) is 0 Å². The fourth-order valence-electron chi connectivity index (χ4n) is 3.54. The second-order valence-electron chi connectivity index (χ2n) is 8.16. The lowest BCUT2D eigenvalue weighted by molar-refractivity contribution is 0.547. The Morgan fingerprint density at radius 3 is 1.31 bits per heavy atom. The molecule has 26 heavy (non-hydrogen) atoms. The first-order valence-electron chi connectivity index (χ1n) is 12.3. The highest BCUT2D eigenvalue weighted by atomic mass is 14.8. The number of unbranched alkanes of at least 4 members (excludes halogenated alkanes) is 18. The monoisotopic (exact) mass is 365 g/mol. The molecule has 0 unspecified atom stereocenters. The average Bonchev–Trinajstić information content (AvgIpc) is 2.66. The zero-order valence-corrected chi connectivity index (χ0v) is 18.5. The van der Waals surface area contributed by atoms with E-state index in [2.05, 4.69) is 31.4 Å². The van der Waals surface area contributed by atoms with Gasteiger partial charge in [-0.25, -0.2) is 0 Å². The van der Waals surface area contributed by atoms with E-state index in [1.54, 1.807) is 0 Å². The van der Waals surface area contributed by atoms with Crippen molar-refractivity contribution < 1.29 is 0 Å². The van der Waals surface area contributed by atoms with Gasteiger partial charge in [0.05, 0.1) is 0 Å². The standard InChI is InChI=1S/C25H51N/c1-3-5-7-9-11-13-15-17-19-21-23-25-26-24-22-20-18-16-14-12-10-8-6-4-2/h22,24,26H,3-21,23,25H2,1-2H3. The molecule has 0 aromatic carbocycles. The van der Waals surface area contributed by atoms with Gasteiger partial charge in [0.15, 0.2) is 0 Å². The minimum atomic E-state index is 1.16. The summed E-state index contributed by atoms with van der Waals surface area (Å²) in [5.74, 6) is 0. The molecular formula is C25H51N. The number of hydrogen-bond acceptors (Lipinski definition) is 1. The van der Waals surface area contributed by atoms with Crippen molar-refractivity contribution in [3.8, 4) is 0 Å². The lowest BCUT2D eigenvalue weighted by Gasteiger charge is -2.03. The number of nitrogens with one attached hydrogen (secondary N) is 1. The quantitative estimate of drug-likeness (QED) is 0.189. The van der Waals surface area contributed by atoms with Crippen LogP contribution in [0.2, 0.25) is 0 Å². The maximum atomic E-state index is 3.46. The zero-order valence-electron chi connectivity index (χ0n) is 18.5. The van der Waals surface area contributed by atoms with Gasteiger partial charge in [0.2, 0.25) is 0 Å². The molecule has 0 aromatic rings. The zero-order chi connectivity index (χ0) is 19.0. The Hall–Kier alpha value is -0.460. The fraction of sp³-hybridized carbons (Fsp3) is 0.920. The van der Waals surface area contributed by atoms with Crippen LogP contribution in [-0.2, 0) is 0 Å². The SMILES string of the molecule is CCCCCCCCCCC=CNCCCCCCCCCCCCC. The van der Waals surface area contributed by atoms with Crippen LogP contribution < -0.4 is 5.32 Å². The van der Waals surface area contributed by atoms with Crippen molar-refractivity contribution in [2.75, 3.05) is 6.54 Å². The van der Waals surface area contributed by atoms with E-state index in [1.807, 2.05) is 0 Å². The largest absolute Gasteiger partial charge is 0.391 e. The number of hydrogen-bond donors (Lipinski definition) is 1. The van der Waals surface area contributed by atoms with Crippen LogP contribution in [-0.4, -0.2) is 6.54 Å². The van der Waals surface area contributed by atoms with Gasteiger partial charge in [-0.3, -0.25) is 0 Å². The fourth-order valence-corrected chi connectivity index (χ4v) is 3.54. The van der Waals surface area contributed by atoms with Gasteiger partial charge in [-0.2, -0.15) is 0 Å². The third kappa shape index (κ3) is 23.5. The molecule has 1 heteroatoms. The van der Waals surface area contributed by atoms with E-state index in [0.29, 0.717) is 0 Å². The molecule has 0 saturated carbocycles. The van der Waals surface area contributed by atoms with E-state index < -0.39 is 0 Å². The average molecular weight is 366 g/mol. The minimum absolute atomic E-state index is 1.16. The minimum Gasteiger partial charge on any atom is -0.391 e. The van der Waals surface area contributed by atoms with Crippen LogP contribution in [0.4, 0.5) is 0 Å². The van der Waals surface area contributed by atoms with E-state index in [9.17, 15) is 0 Å². The number of allylic oxidation sites excluding steroid dienone is 1. The molecular weight excluding hydrogens is 314 g/mol. The molecule has 0 radical (unpaired) electrons. The molecule has 0 heterocycles. The van der Waals surface area contributed by atoms with E-state index in [0.717, 1.165) is 6.54 Å². The smallest absolute Gasteiger partial charge is 0.0141 e. The highest BCUT2D eigenvalue weighted by molar-refractivity contribution is 4.79. The Kier molecular flexibility index (Phi) is 24.1. The van der Waals surface area contributed by atoms with Crippen LogP contribution in [0.5, 0.6) is 0 Å². The highest BCUT2D eigenvalue weighted by Gasteiger charge is 1.93. The third-order valence-corrected chi connectivity index (χ3v) is 5.38. The first-order chi connectivity index (χ1) is 12.9. The Balaban J connectivity index is 3.04. The molecule has 0 saturated heterocycles. The van der Waals surface area contributed by atoms with Gasteiger partial charge in [0.1, 0.15) is 0 Å². The summed E-state index contributed by atoms with van der Waals surface area (Å²) in [5.41, 5.74) is 0. The van der Waals surface area contributed by atoms with Crippen molar-refractivity contribution in [3.05, 3.63) is 12.3 Å². The molecule has 0 aliphatic carbocycles. The van der Waals surface area contributed by atoms with Crippen LogP contribution in [0, 0.1) is 0 Å². The second kappa shape index (κ2) is 24.5. The van der Waals surface area contributed by atoms with E-state index in [-0.39, 0.29) is 0 Å². The van der Waals surface area contributed by atoms with Crippen LogP contribution in [0.15, 0.2) is 12.3 Å². The summed E-state index contributed by atoms with van der Waals surface area (Å²) in [5, 5.41) is 3.46. The molecule has 0 bridgehead atoms. The summed E-state index contributed by atoms with van der Waals surface area (Å²) in [6.07, 6.45) is 32.8. The van der Waals surface area contributed by atoms with Crippen LogP contribution in [0.1, 0.15) is 142 Å². The molecule has 0 atom stereocenters. The van der Waals surface area contributed by atoms with Crippen LogP contribution in [0.25, 0.3) is 0 Å². The predicted octanol–water partition coefficient (Wildman–Crippen LogP) is 8.93. The molecule has 0 amide bonds. The van der Waals surface area contributed by atoms with Gasteiger partial charge in [0.25, 0.3) is 0 Å². The molecule has 1 nitrogen and oxygen atoms in total. The van der Waals surface area contributed by atoms with Crippen molar-refractivity contribution in [1.29, 1.82) is 0 Å². The van der Waals surface area contributed by atoms with Gasteiger partial charge in [-0.1, -0.05) is 129 Å². The predicted molar refractivity (Wildman–Crippen MR) is 121 cm³/mol. The lowest BCUT2D eigenvalue weighted by Crippen LogP contribution is -2.06. The first kappa shape index (κ1) is 25.5. The van der Waals surface area contributed by atoms with Crippen molar-refractivity contribution in [1.82, 2.24) is 5.32 Å². The summed E-state index contributed by atoms with van der Waals surface area (Å²) in [6, 6.07) is 0. The van der Waals surface area contributed by atoms with Gasteiger partial charge >= 0.3 is 0 Å². The molecule has 0 aromatic heterocycles. The molecule has 0 spiro atoms. The summed E-state index contributed by atoms with van der Waals surface area (Å²) >= 11 is 0. The van der Waals surface area contributed by atoms with E-state index >= 15 is 0 Å². The third-order valence-electron chi connectivity index (χ3n) is 5.38. The topological polar surface area (TPSA) is 12.0 Å². The lowest BCUT2D eigenvalue weighted by atomic mass is 10.1. The molecule has 1 N–H and O–H groups in total. The van der Waals surface area contributed by atoms with E-state index in [4.69, 9.17) is 0 Å². The maximum Gasteiger partial charge on any atom is 0.0141 e. The molecule has 0 aliphatic rings. The van der Waals surface area contributed by atoms with Crippen molar-refractivity contribution >= 4 is 0 Å². The molecule has 0 rings (SSSR count). The molecule has 0 aliphatic heterocycles. The summed E-state index contributed by atoms with van der Waals surface area (Å²) in [7, 11) is 0. The Morgan fingerprint density at radius 2 is 0.846 bits per heavy atom. The van der Waals surface area contributed by atoms with Crippen LogP contribution >= 0.6 is 0 Å². The number of rotatable bonds is 22. The van der Waals surface area contributed by atoms with Gasteiger partial charge in [0, 0.05) is 6.54 Å².